The number of ether oxygens (including phenoxy) is 2. The molecule has 1 amide bonds. The lowest BCUT2D eigenvalue weighted by Crippen LogP contribution is -2.55. The molecule has 0 bridgehead atoms. The van der Waals surface area contributed by atoms with Gasteiger partial charge in [0.1, 0.15) is 0 Å². The van der Waals surface area contributed by atoms with Crippen LogP contribution in [0.15, 0.2) is 0 Å². The van der Waals surface area contributed by atoms with Crippen LogP contribution in [0, 0.1) is 5.41 Å². The maximum atomic E-state index is 12.6. The van der Waals surface area contributed by atoms with Gasteiger partial charge in [-0.15, -0.1) is 0 Å². The first-order valence-electron chi connectivity index (χ1n) is 6.72. The minimum atomic E-state index is -1.00. The Bertz CT molecular complexity index is 353. The summed E-state index contributed by atoms with van der Waals surface area (Å²) in [6.07, 6.45) is 2.64. The largest absolute Gasteiger partial charge is 0.479 e. The summed E-state index contributed by atoms with van der Waals surface area (Å²) in [5.41, 5.74) is -0.323. The molecule has 0 aromatic carbocycles. The van der Waals surface area contributed by atoms with Crippen molar-refractivity contribution in [3.63, 3.8) is 0 Å². The molecular formula is C13H21NO5. The standard InChI is InChI=1S/C13H21NO5/c1-18-7-5-13(3-2-4-13)12(17)14-6-8-19-10(9-14)11(15)16/h10H,2-9H2,1H3,(H,15,16)/t10-/m0/s1. The highest BCUT2D eigenvalue weighted by Crippen LogP contribution is 2.45. The summed E-state index contributed by atoms with van der Waals surface area (Å²) in [5, 5.41) is 8.97. The highest BCUT2D eigenvalue weighted by atomic mass is 16.5. The van der Waals surface area contributed by atoms with E-state index in [1.54, 1.807) is 12.0 Å². The lowest BCUT2D eigenvalue weighted by molar-refractivity contribution is -0.166. The van der Waals surface area contributed by atoms with E-state index in [4.69, 9.17) is 14.6 Å². The molecule has 19 heavy (non-hydrogen) atoms. The van der Waals surface area contributed by atoms with Gasteiger partial charge in [0, 0.05) is 20.3 Å². The number of morpholine rings is 1. The topological polar surface area (TPSA) is 76.1 Å². The number of hydrogen-bond acceptors (Lipinski definition) is 4. The third-order valence-electron chi connectivity index (χ3n) is 4.18. The lowest BCUT2D eigenvalue weighted by Gasteiger charge is -2.45. The van der Waals surface area contributed by atoms with E-state index in [1.165, 1.54) is 0 Å². The molecule has 0 aromatic rings. The molecule has 1 saturated carbocycles. The van der Waals surface area contributed by atoms with E-state index >= 15 is 0 Å². The Morgan fingerprint density at radius 2 is 2.21 bits per heavy atom. The first-order valence-corrected chi connectivity index (χ1v) is 6.72. The van der Waals surface area contributed by atoms with Crippen molar-refractivity contribution >= 4 is 11.9 Å². The first-order chi connectivity index (χ1) is 9.09. The van der Waals surface area contributed by atoms with Crippen LogP contribution < -0.4 is 0 Å². The maximum absolute atomic E-state index is 12.6. The highest BCUT2D eigenvalue weighted by molar-refractivity contribution is 5.84. The smallest absolute Gasteiger partial charge is 0.334 e. The molecule has 0 unspecified atom stereocenters. The Hall–Kier alpha value is -1.14. The highest BCUT2D eigenvalue weighted by Gasteiger charge is 2.46. The van der Waals surface area contributed by atoms with Crippen LogP contribution in [0.3, 0.4) is 0 Å². The second-order valence-corrected chi connectivity index (χ2v) is 5.33. The molecule has 1 heterocycles. The Labute approximate surface area is 112 Å². The van der Waals surface area contributed by atoms with E-state index in [1.807, 2.05) is 0 Å². The number of carboxylic acid groups (broad SMARTS) is 1. The molecule has 6 nitrogen and oxygen atoms in total. The molecule has 108 valence electrons. The minimum absolute atomic E-state index is 0.0744. The summed E-state index contributed by atoms with van der Waals surface area (Å²) in [6, 6.07) is 0. The zero-order chi connectivity index (χ0) is 13.9. The van der Waals surface area contributed by atoms with E-state index in [9.17, 15) is 9.59 Å². The van der Waals surface area contributed by atoms with Crippen molar-refractivity contribution in [3.05, 3.63) is 0 Å². The Balaban J connectivity index is 1.99. The number of hydrogen-bond donors (Lipinski definition) is 1. The lowest BCUT2D eigenvalue weighted by atomic mass is 9.65. The van der Waals surface area contributed by atoms with Crippen molar-refractivity contribution in [2.24, 2.45) is 5.41 Å². The Kier molecular flexibility index (Phi) is 4.42. The zero-order valence-corrected chi connectivity index (χ0v) is 11.3. The van der Waals surface area contributed by atoms with Gasteiger partial charge in [0.25, 0.3) is 0 Å². The van der Waals surface area contributed by atoms with Gasteiger partial charge in [-0.05, 0) is 19.3 Å². The molecule has 6 heteroatoms. The molecule has 2 aliphatic rings. The van der Waals surface area contributed by atoms with Crippen LogP contribution in [0.1, 0.15) is 25.7 Å². The normalized spacial score (nSPS) is 25.7. The molecule has 2 fully saturated rings. The summed E-state index contributed by atoms with van der Waals surface area (Å²) < 4.78 is 10.2. The van der Waals surface area contributed by atoms with Crippen LogP contribution in [-0.4, -0.2) is 61.4 Å². The minimum Gasteiger partial charge on any atom is -0.479 e. The molecule has 0 aromatic heterocycles. The van der Waals surface area contributed by atoms with Crippen molar-refractivity contribution in [1.29, 1.82) is 0 Å². The van der Waals surface area contributed by atoms with Crippen molar-refractivity contribution < 1.29 is 24.2 Å². The molecule has 1 N–H and O–H groups in total. The second kappa shape index (κ2) is 5.88. The number of carbonyl (C=O) groups excluding carboxylic acids is 1. The molecule has 0 radical (unpaired) electrons. The predicted molar refractivity (Wildman–Crippen MR) is 66.7 cm³/mol. The van der Waals surface area contributed by atoms with Gasteiger partial charge in [-0.3, -0.25) is 4.79 Å². The van der Waals surface area contributed by atoms with Gasteiger partial charge in [-0.25, -0.2) is 4.79 Å². The molecule has 0 spiro atoms. The molecule has 1 aliphatic carbocycles. The fourth-order valence-electron chi connectivity index (χ4n) is 2.79. The molecule has 1 atom stereocenters. The van der Waals surface area contributed by atoms with Crippen molar-refractivity contribution in [1.82, 2.24) is 4.90 Å². The van der Waals surface area contributed by atoms with Gasteiger partial charge in [-0.2, -0.15) is 0 Å². The van der Waals surface area contributed by atoms with Gasteiger partial charge in [0.2, 0.25) is 5.91 Å². The second-order valence-electron chi connectivity index (χ2n) is 5.33. The number of rotatable bonds is 5. The van der Waals surface area contributed by atoms with E-state index < -0.39 is 12.1 Å². The average molecular weight is 271 g/mol. The number of amides is 1. The zero-order valence-electron chi connectivity index (χ0n) is 11.3. The summed E-state index contributed by atoms with van der Waals surface area (Å²) in [7, 11) is 1.63. The van der Waals surface area contributed by atoms with Crippen LogP contribution >= 0.6 is 0 Å². The predicted octanol–water partition coefficient (Wildman–Crippen LogP) is 0.505. The van der Waals surface area contributed by atoms with E-state index in [0.717, 1.165) is 25.7 Å². The number of aliphatic carboxylic acids is 1. The van der Waals surface area contributed by atoms with E-state index in [2.05, 4.69) is 0 Å². The van der Waals surface area contributed by atoms with Crippen LogP contribution in [0.2, 0.25) is 0 Å². The van der Waals surface area contributed by atoms with Crippen molar-refractivity contribution in [3.8, 4) is 0 Å². The SMILES string of the molecule is COCCC1(C(=O)N2CCO[C@H](C(=O)O)C2)CCC1. The molecule has 1 aliphatic heterocycles. The Morgan fingerprint density at radius 3 is 2.74 bits per heavy atom. The van der Waals surface area contributed by atoms with Gasteiger partial charge < -0.3 is 19.5 Å². The molecule has 2 rings (SSSR count). The number of carbonyl (C=O) groups is 2. The first kappa shape index (κ1) is 14.3. The van der Waals surface area contributed by atoms with Crippen molar-refractivity contribution in [2.45, 2.75) is 31.8 Å². The molecule has 1 saturated heterocycles. The van der Waals surface area contributed by atoms with Gasteiger partial charge in [0.05, 0.1) is 18.6 Å². The van der Waals surface area contributed by atoms with Gasteiger partial charge >= 0.3 is 5.97 Å². The monoisotopic (exact) mass is 271 g/mol. The van der Waals surface area contributed by atoms with Crippen LogP contribution in [0.25, 0.3) is 0 Å². The summed E-state index contributed by atoms with van der Waals surface area (Å²) in [6.45, 7) is 1.50. The number of carboxylic acids is 1. The van der Waals surface area contributed by atoms with Crippen LogP contribution in [0.5, 0.6) is 0 Å². The summed E-state index contributed by atoms with van der Waals surface area (Å²) >= 11 is 0. The maximum Gasteiger partial charge on any atom is 0.334 e. The molecular weight excluding hydrogens is 250 g/mol. The fraction of sp³-hybridized carbons (Fsp3) is 0.846. The van der Waals surface area contributed by atoms with Crippen LogP contribution in [0.4, 0.5) is 0 Å². The van der Waals surface area contributed by atoms with Crippen LogP contribution in [-0.2, 0) is 19.1 Å². The number of methoxy groups -OCH3 is 1. The van der Waals surface area contributed by atoms with E-state index in [0.29, 0.717) is 19.8 Å². The Morgan fingerprint density at radius 1 is 1.47 bits per heavy atom. The van der Waals surface area contributed by atoms with Crippen molar-refractivity contribution in [2.75, 3.05) is 33.4 Å². The average Bonchev–Trinajstić information content (AvgIpc) is 2.37. The fourth-order valence-corrected chi connectivity index (χ4v) is 2.79. The quantitative estimate of drug-likeness (QED) is 0.788. The third kappa shape index (κ3) is 2.90. The van der Waals surface area contributed by atoms with Gasteiger partial charge in [-0.1, -0.05) is 6.42 Å². The summed E-state index contributed by atoms with van der Waals surface area (Å²) in [5.74, 6) is -0.928. The van der Waals surface area contributed by atoms with E-state index in [-0.39, 0.29) is 17.9 Å². The summed E-state index contributed by atoms with van der Waals surface area (Å²) in [4.78, 5) is 25.2. The number of nitrogens with zero attached hydrogens (tertiary/aromatic N) is 1. The van der Waals surface area contributed by atoms with Gasteiger partial charge in [0.15, 0.2) is 6.10 Å². The third-order valence-corrected chi connectivity index (χ3v) is 4.18.